The zero-order chi connectivity index (χ0) is 108. The van der Waals surface area contributed by atoms with Crippen LogP contribution in [-0.4, -0.2) is 400 Å². The van der Waals surface area contributed by atoms with Crippen molar-refractivity contribution in [1.29, 1.82) is 0 Å². The summed E-state index contributed by atoms with van der Waals surface area (Å²) in [7, 11) is 1.05. The molecule has 58 nitrogen and oxygen atoms in total. The van der Waals surface area contributed by atoms with Crippen molar-refractivity contribution in [2.45, 2.75) is 367 Å². The number of carbonyl (C=O) groups is 22. The predicted octanol–water partition coefficient (Wildman–Crippen LogP) is -3.06. The minimum atomic E-state index is -2.47. The first-order valence-electron chi connectivity index (χ1n) is 44.5. The van der Waals surface area contributed by atoms with E-state index in [9.17, 15) is 105 Å². The fourth-order valence-corrected chi connectivity index (χ4v) is 16.2. The molecule has 7 aliphatic rings. The van der Waals surface area contributed by atoms with E-state index in [2.05, 4.69) is 0 Å². The molecule has 58 heteroatoms. The third kappa shape index (κ3) is 35.9. The summed E-state index contributed by atoms with van der Waals surface area (Å²) in [5, 5.41) is 0. The average Bonchev–Trinajstić information content (AvgIpc) is 0.721. The van der Waals surface area contributed by atoms with Crippen molar-refractivity contribution in [3.05, 3.63) is 0 Å². The fourth-order valence-electron chi connectivity index (χ4n) is 16.2. The van der Waals surface area contributed by atoms with Gasteiger partial charge in [0.1, 0.15) is 74.8 Å². The van der Waals surface area contributed by atoms with E-state index in [1.54, 1.807) is 0 Å². The van der Waals surface area contributed by atoms with Gasteiger partial charge in [-0.15, -0.1) is 0 Å². The minimum absolute atomic E-state index is 0.788. The van der Waals surface area contributed by atoms with Gasteiger partial charge in [-0.05, 0) is 0 Å². The third-order valence-electron chi connectivity index (χ3n) is 20.7. The molecule has 7 saturated heterocycles. The lowest BCUT2D eigenvalue weighted by molar-refractivity contribution is -0.376. The zero-order valence-corrected chi connectivity index (χ0v) is 82.8. The lowest BCUT2D eigenvalue weighted by Gasteiger charge is -2.50. The van der Waals surface area contributed by atoms with Crippen molar-refractivity contribution in [3.63, 3.8) is 0 Å². The second kappa shape index (κ2) is 55.4. The zero-order valence-electron chi connectivity index (χ0n) is 82.8. The van der Waals surface area contributed by atoms with Crippen LogP contribution in [0.3, 0.4) is 0 Å². The Hall–Kier alpha value is -12.2. The van der Waals surface area contributed by atoms with Crippen LogP contribution in [0.5, 0.6) is 0 Å². The average molecular weight is 2090 g/mol. The molecule has 814 valence electrons. The van der Waals surface area contributed by atoms with E-state index >= 15 is 0 Å². The maximum absolute atomic E-state index is 14.0. The van der Waals surface area contributed by atoms with E-state index < -0.39 is 393 Å². The molecule has 0 saturated carbocycles. The molecule has 0 amide bonds. The summed E-state index contributed by atoms with van der Waals surface area (Å²) in [6.45, 7) is 11.6. The van der Waals surface area contributed by atoms with Gasteiger partial charge in [0.2, 0.25) is 0 Å². The number of methoxy groups -OCH3 is 1. The van der Waals surface area contributed by atoms with Crippen LogP contribution in [0.4, 0.5) is 0 Å². The quantitative estimate of drug-likeness (QED) is 0.0432. The molecule has 0 aromatic rings. The Labute approximate surface area is 825 Å². The molecule has 0 spiro atoms. The Morgan fingerprint density at radius 1 is 0.145 bits per heavy atom. The standard InChI is InChI=1S/C87H118O58/c1-31(88)111-24-53-60(118-34(4)91)68(126-42(12)99)75(131-47(17)104)82(138-53)115-29-58-65(123-39(9)96)73(145-87-80(136-52(22)109)71(129-45(15)102)62(120-36(6)93)55(143-87)26-113-33(3)90)78(134-50(20)107)85(141-58)117-28-57-64(122-38(8)95)69(127-43(13)100)76(132-48(18)105)83(139-57)116-30-59-66(124-40(10)97)72(144-86-79(135-51(21)108)70(128-44(14)101)61(119-35(5)92)54(142-86)25-112-32(2)89)77(133-49(19)106)84(140-59)114-27-56-63(121-37(7)94)67(125-41(11)98)74(130-46(16)103)81(110-23)137-56/h53-87H,24-30H2,1-23H3/t53-,54-,55-,56-,57-,58-,59-,60-,61-,62-,63-,64-,65-,66-,67+,68+,69+,70+,71+,72+,73+,74-,75-,76-,77-,78-,79-,80-,81-,82-,83-,84-,85-,86+,87+/m1/s1. The Balaban J connectivity index is 1.49. The summed E-state index contributed by atoms with van der Waals surface area (Å²) < 4.78 is 215. The van der Waals surface area contributed by atoms with E-state index in [1.165, 1.54) is 0 Å². The van der Waals surface area contributed by atoms with Gasteiger partial charge in [0.15, 0.2) is 160 Å². The van der Waals surface area contributed by atoms with Crippen LogP contribution in [0.25, 0.3) is 0 Å². The molecular weight excluding hydrogens is 1970 g/mol. The van der Waals surface area contributed by atoms with Crippen LogP contribution >= 0.6 is 0 Å². The van der Waals surface area contributed by atoms with Gasteiger partial charge in [0, 0.05) is 159 Å². The van der Waals surface area contributed by atoms with Gasteiger partial charge in [-0.2, -0.15) is 0 Å². The van der Waals surface area contributed by atoms with Crippen LogP contribution < -0.4 is 0 Å². The molecule has 0 aromatic carbocycles. The predicted molar refractivity (Wildman–Crippen MR) is 447 cm³/mol. The highest BCUT2D eigenvalue weighted by Crippen LogP contribution is 2.43. The Bertz CT molecular complexity index is 4580. The highest BCUT2D eigenvalue weighted by molar-refractivity contribution is 5.74. The summed E-state index contributed by atoms with van der Waals surface area (Å²) >= 11 is 0. The number of rotatable bonds is 42. The second-order valence-corrected chi connectivity index (χ2v) is 32.9. The van der Waals surface area contributed by atoms with E-state index in [0.717, 1.165) is 159 Å². The van der Waals surface area contributed by atoms with E-state index in [-0.39, 0.29) is 0 Å². The normalized spacial score (nSPS) is 33.1. The molecule has 7 heterocycles. The van der Waals surface area contributed by atoms with Crippen molar-refractivity contribution in [1.82, 2.24) is 0 Å². The first-order valence-corrected chi connectivity index (χ1v) is 44.5. The smallest absolute Gasteiger partial charge is 0.303 e. The van der Waals surface area contributed by atoms with Crippen molar-refractivity contribution in [3.8, 4) is 0 Å². The maximum Gasteiger partial charge on any atom is 0.303 e. The number of ether oxygens (including phenoxy) is 36. The molecule has 0 aromatic heterocycles. The van der Waals surface area contributed by atoms with Gasteiger partial charge in [0.05, 0.1) is 26.4 Å². The number of hydrogen-bond donors (Lipinski definition) is 0. The Morgan fingerprint density at radius 3 is 0.434 bits per heavy atom. The lowest BCUT2D eigenvalue weighted by atomic mass is 9.95. The first-order chi connectivity index (χ1) is 67.9. The summed E-state index contributed by atoms with van der Waals surface area (Å²) in [5.74, 6) is -25.4. The van der Waals surface area contributed by atoms with Crippen LogP contribution in [0.15, 0.2) is 0 Å². The topological polar surface area (TPSA) is 708 Å². The fraction of sp³-hybridized carbons (Fsp3) is 0.747. The van der Waals surface area contributed by atoms with E-state index in [1.807, 2.05) is 0 Å². The maximum atomic E-state index is 14.0. The molecule has 0 unspecified atom stereocenters. The van der Waals surface area contributed by atoms with Crippen molar-refractivity contribution in [2.24, 2.45) is 0 Å². The van der Waals surface area contributed by atoms with Gasteiger partial charge in [-0.3, -0.25) is 105 Å². The van der Waals surface area contributed by atoms with Crippen molar-refractivity contribution >= 4 is 131 Å². The summed E-state index contributed by atoms with van der Waals surface area (Å²) in [5.41, 5.74) is 0. The Morgan fingerprint density at radius 2 is 0.269 bits per heavy atom. The van der Waals surface area contributed by atoms with Gasteiger partial charge in [0.25, 0.3) is 0 Å². The second-order valence-electron chi connectivity index (χ2n) is 32.9. The largest absolute Gasteiger partial charge is 0.463 e. The summed E-state index contributed by atoms with van der Waals surface area (Å²) in [6.07, 6.45) is -74.1. The van der Waals surface area contributed by atoms with E-state index in [4.69, 9.17) is 171 Å². The molecule has 0 aliphatic carbocycles. The molecule has 7 aliphatic heterocycles. The third-order valence-corrected chi connectivity index (χ3v) is 20.7. The molecule has 7 rings (SSSR count). The highest BCUT2D eigenvalue weighted by Gasteiger charge is 2.64. The van der Waals surface area contributed by atoms with Crippen LogP contribution in [-0.2, 0) is 276 Å². The molecule has 145 heavy (non-hydrogen) atoms. The SMILES string of the molecule is CO[C@@H]1O[C@H](CO[C@@H]2O[C@H](CO[C@@H]3O[C@H](CO[C@@H]4O[C@H](CO[C@@H]5O[C@H](COC(C)=O)[C@@H](OC(C)=O)[C@H](OC(C)=O)[C@H]5OC(C)=O)[C@@H](OC(C)=O)[C@H](O[C@@H]5O[C@H](COC(C)=O)[C@@H](OC(C)=O)[C@H](OC(C)=O)[C@H]5OC(C)=O)[C@H]4OC(C)=O)[C@@H](OC(C)=O)[C@H](OC(C)=O)[C@H]3OC(C)=O)[C@@H](OC(C)=O)[C@H](O[C@@H]3O[C@H](COC(C)=O)[C@@H](OC(C)=O)[C@H](OC(C)=O)[C@H]3OC(C)=O)[C@H]2OC(C)=O)[C@@H](OC(C)=O)[C@H](OC(C)=O)[C@H]1OC(C)=O. The van der Waals surface area contributed by atoms with Gasteiger partial charge >= 0.3 is 131 Å². The number of esters is 22. The molecular formula is C87H118O58. The van der Waals surface area contributed by atoms with Crippen LogP contribution in [0.1, 0.15) is 152 Å². The molecule has 35 atom stereocenters. The number of hydrogen-bond acceptors (Lipinski definition) is 58. The highest BCUT2D eigenvalue weighted by atomic mass is 16.8. The molecule has 0 bridgehead atoms. The van der Waals surface area contributed by atoms with Gasteiger partial charge in [-0.25, -0.2) is 0 Å². The Kier molecular flexibility index (Phi) is 45.7. The molecule has 0 N–H and O–H groups in total. The van der Waals surface area contributed by atoms with Gasteiger partial charge in [-0.1, -0.05) is 0 Å². The molecule has 7 fully saturated rings. The van der Waals surface area contributed by atoms with Crippen molar-refractivity contribution in [2.75, 3.05) is 53.4 Å². The van der Waals surface area contributed by atoms with Crippen LogP contribution in [0, 0.1) is 0 Å². The van der Waals surface area contributed by atoms with Gasteiger partial charge < -0.3 is 171 Å². The monoisotopic (exact) mass is 2090 g/mol. The molecule has 0 radical (unpaired) electrons. The van der Waals surface area contributed by atoms with Crippen molar-refractivity contribution < 1.29 is 276 Å². The lowest BCUT2D eigenvalue weighted by Crippen LogP contribution is -2.68. The number of carbonyl (C=O) groups excluding carboxylic acids is 22. The van der Waals surface area contributed by atoms with E-state index in [0.29, 0.717) is 0 Å². The summed E-state index contributed by atoms with van der Waals surface area (Å²) in [4.78, 5) is 292. The minimum Gasteiger partial charge on any atom is -0.463 e. The van der Waals surface area contributed by atoms with Crippen LogP contribution in [0.2, 0.25) is 0 Å². The first kappa shape index (κ1) is 120. The summed E-state index contributed by atoms with van der Waals surface area (Å²) in [6, 6.07) is 0.